The Kier molecular flexibility index (Phi) is 4.02. The number of nitrogens with two attached hydrogens (primary N) is 1. The Balaban J connectivity index is 2.10. The van der Waals surface area contributed by atoms with Gasteiger partial charge in [-0.1, -0.05) is 35.9 Å². The number of carbonyl (C=O) groups is 1. The van der Waals surface area contributed by atoms with Gasteiger partial charge in [0.05, 0.1) is 11.3 Å². The number of nitrogen functional groups attached to an aromatic ring is 1. The van der Waals surface area contributed by atoms with E-state index in [-0.39, 0.29) is 17.9 Å². The fourth-order valence-corrected chi connectivity index (χ4v) is 1.74. The molecule has 0 aliphatic heterocycles. The number of esters is 1. The third kappa shape index (κ3) is 3.03. The molecule has 0 fully saturated rings. The van der Waals surface area contributed by atoms with Crippen LogP contribution in [0.4, 0.5) is 10.1 Å². The molecule has 0 aliphatic carbocycles. The molecule has 2 aromatic carbocycles. The largest absolute Gasteiger partial charge is 0.457 e. The van der Waals surface area contributed by atoms with Gasteiger partial charge in [0.25, 0.3) is 0 Å². The molecular weight excluding hydrogens is 269 g/mol. The molecule has 0 bridgehead atoms. The maximum atomic E-state index is 13.2. The van der Waals surface area contributed by atoms with Crippen LogP contribution in [0.5, 0.6) is 0 Å². The van der Waals surface area contributed by atoms with E-state index in [1.54, 1.807) is 24.3 Å². The summed E-state index contributed by atoms with van der Waals surface area (Å²) in [6, 6.07) is 11.0. The molecule has 98 valence electrons. The first-order valence-electron chi connectivity index (χ1n) is 5.54. The van der Waals surface area contributed by atoms with Gasteiger partial charge in [0.2, 0.25) is 0 Å². The molecule has 0 heterocycles. The number of hydrogen-bond acceptors (Lipinski definition) is 3. The lowest BCUT2D eigenvalue weighted by Gasteiger charge is -2.08. The van der Waals surface area contributed by atoms with Crippen LogP contribution in [0.2, 0.25) is 5.02 Å². The maximum absolute atomic E-state index is 13.2. The van der Waals surface area contributed by atoms with E-state index in [9.17, 15) is 9.18 Å². The van der Waals surface area contributed by atoms with E-state index in [1.165, 1.54) is 18.2 Å². The number of rotatable bonds is 3. The molecule has 0 aliphatic rings. The summed E-state index contributed by atoms with van der Waals surface area (Å²) < 4.78 is 18.3. The van der Waals surface area contributed by atoms with Crippen molar-refractivity contribution in [2.75, 3.05) is 5.73 Å². The number of anilines is 1. The zero-order chi connectivity index (χ0) is 13.8. The third-order valence-corrected chi connectivity index (χ3v) is 2.96. The highest BCUT2D eigenvalue weighted by Crippen LogP contribution is 2.19. The van der Waals surface area contributed by atoms with Crippen molar-refractivity contribution in [2.45, 2.75) is 6.61 Å². The number of hydrogen-bond donors (Lipinski definition) is 1. The number of benzene rings is 2. The van der Waals surface area contributed by atoms with Gasteiger partial charge in [-0.2, -0.15) is 0 Å². The predicted octanol–water partition coefficient (Wildman–Crippen LogP) is 3.42. The Morgan fingerprint density at radius 1 is 1.21 bits per heavy atom. The minimum Gasteiger partial charge on any atom is -0.457 e. The van der Waals surface area contributed by atoms with Crippen molar-refractivity contribution in [3.05, 3.63) is 64.4 Å². The van der Waals surface area contributed by atoms with E-state index in [1.807, 2.05) is 0 Å². The van der Waals surface area contributed by atoms with Crippen molar-refractivity contribution in [3.8, 4) is 0 Å². The first-order valence-corrected chi connectivity index (χ1v) is 5.92. The number of halogens is 2. The lowest BCUT2D eigenvalue weighted by molar-refractivity contribution is 0.0473. The van der Waals surface area contributed by atoms with E-state index in [0.29, 0.717) is 10.6 Å². The lowest BCUT2D eigenvalue weighted by atomic mass is 10.2. The van der Waals surface area contributed by atoms with Crippen LogP contribution in [-0.2, 0) is 11.3 Å². The zero-order valence-electron chi connectivity index (χ0n) is 9.90. The summed E-state index contributed by atoms with van der Waals surface area (Å²) >= 11 is 5.93. The van der Waals surface area contributed by atoms with Gasteiger partial charge in [-0.05, 0) is 18.2 Å². The monoisotopic (exact) mass is 279 g/mol. The third-order valence-electron chi connectivity index (χ3n) is 2.59. The van der Waals surface area contributed by atoms with Gasteiger partial charge >= 0.3 is 5.97 Å². The van der Waals surface area contributed by atoms with Crippen molar-refractivity contribution in [2.24, 2.45) is 0 Å². The second-order valence-corrected chi connectivity index (χ2v) is 4.28. The van der Waals surface area contributed by atoms with Crippen molar-refractivity contribution < 1.29 is 13.9 Å². The number of carbonyl (C=O) groups excluding carboxylic acids is 1. The molecule has 0 atom stereocenters. The highest BCUT2D eigenvalue weighted by molar-refractivity contribution is 6.31. The van der Waals surface area contributed by atoms with E-state index >= 15 is 0 Å². The van der Waals surface area contributed by atoms with E-state index < -0.39 is 11.8 Å². The minimum absolute atomic E-state index is 0.00653. The number of para-hydroxylation sites is 1. The van der Waals surface area contributed by atoms with Gasteiger partial charge < -0.3 is 10.5 Å². The van der Waals surface area contributed by atoms with Gasteiger partial charge in [-0.25, -0.2) is 9.18 Å². The summed E-state index contributed by atoms with van der Waals surface area (Å²) in [6.07, 6.45) is 0. The topological polar surface area (TPSA) is 52.3 Å². The fraction of sp³-hybridized carbons (Fsp3) is 0.0714. The Morgan fingerprint density at radius 2 is 1.95 bits per heavy atom. The molecule has 2 N–H and O–H groups in total. The molecule has 0 aromatic heterocycles. The standard InChI is InChI=1S/C14H11ClFNO2/c15-11-6-2-1-4-9(11)8-19-14(18)10-5-3-7-12(16)13(10)17/h1-7H,8,17H2. The summed E-state index contributed by atoms with van der Waals surface area (Å²) in [7, 11) is 0. The van der Waals surface area contributed by atoms with E-state index in [2.05, 4.69) is 0 Å². The lowest BCUT2D eigenvalue weighted by Crippen LogP contribution is -2.09. The normalized spacial score (nSPS) is 10.2. The molecule has 19 heavy (non-hydrogen) atoms. The van der Waals surface area contributed by atoms with Crippen molar-refractivity contribution in [1.82, 2.24) is 0 Å². The second-order valence-electron chi connectivity index (χ2n) is 3.87. The van der Waals surface area contributed by atoms with Gasteiger partial charge in [0.1, 0.15) is 12.4 Å². The van der Waals surface area contributed by atoms with Crippen LogP contribution in [0.1, 0.15) is 15.9 Å². The minimum atomic E-state index is -0.683. The second kappa shape index (κ2) is 5.71. The van der Waals surface area contributed by atoms with E-state index in [4.69, 9.17) is 22.1 Å². The van der Waals surface area contributed by atoms with Gasteiger partial charge in [-0.3, -0.25) is 0 Å². The Hall–Kier alpha value is -2.07. The quantitative estimate of drug-likeness (QED) is 0.692. The summed E-state index contributed by atoms with van der Waals surface area (Å²) in [5.74, 6) is -1.33. The van der Waals surface area contributed by atoms with Crippen LogP contribution < -0.4 is 5.73 Å². The Morgan fingerprint density at radius 3 is 2.68 bits per heavy atom. The molecule has 2 aromatic rings. The van der Waals surface area contributed by atoms with Crippen LogP contribution in [0.25, 0.3) is 0 Å². The Bertz CT molecular complexity index is 616. The van der Waals surface area contributed by atoms with Gasteiger partial charge in [-0.15, -0.1) is 0 Å². The molecule has 0 saturated carbocycles. The van der Waals surface area contributed by atoms with Crippen LogP contribution in [0, 0.1) is 5.82 Å². The summed E-state index contributed by atoms with van der Waals surface area (Å²) in [5.41, 5.74) is 5.94. The van der Waals surface area contributed by atoms with Crippen molar-refractivity contribution in [3.63, 3.8) is 0 Å². The molecule has 0 amide bonds. The Labute approximate surface area is 114 Å². The summed E-state index contributed by atoms with van der Waals surface area (Å²) in [6.45, 7) is 0.00839. The SMILES string of the molecule is Nc1c(F)cccc1C(=O)OCc1ccccc1Cl. The molecule has 0 unspecified atom stereocenters. The highest BCUT2D eigenvalue weighted by Gasteiger charge is 2.14. The zero-order valence-corrected chi connectivity index (χ0v) is 10.7. The molecule has 3 nitrogen and oxygen atoms in total. The highest BCUT2D eigenvalue weighted by atomic mass is 35.5. The maximum Gasteiger partial charge on any atom is 0.340 e. The van der Waals surface area contributed by atoms with Crippen molar-refractivity contribution in [1.29, 1.82) is 0 Å². The van der Waals surface area contributed by atoms with Crippen LogP contribution in [0.15, 0.2) is 42.5 Å². The first kappa shape index (κ1) is 13.4. The van der Waals surface area contributed by atoms with Crippen molar-refractivity contribution >= 4 is 23.3 Å². The molecule has 2 rings (SSSR count). The number of ether oxygens (including phenoxy) is 1. The van der Waals surface area contributed by atoms with Crippen LogP contribution >= 0.6 is 11.6 Å². The fourth-order valence-electron chi connectivity index (χ4n) is 1.55. The molecule has 0 saturated heterocycles. The van der Waals surface area contributed by atoms with Crippen LogP contribution in [0.3, 0.4) is 0 Å². The predicted molar refractivity (Wildman–Crippen MR) is 71.4 cm³/mol. The summed E-state index contributed by atoms with van der Waals surface area (Å²) in [4.78, 5) is 11.8. The van der Waals surface area contributed by atoms with Crippen LogP contribution in [-0.4, -0.2) is 5.97 Å². The van der Waals surface area contributed by atoms with Gasteiger partial charge in [0.15, 0.2) is 0 Å². The average molecular weight is 280 g/mol. The molecular formula is C14H11ClFNO2. The van der Waals surface area contributed by atoms with Gasteiger partial charge in [0, 0.05) is 10.6 Å². The molecule has 0 radical (unpaired) electrons. The van der Waals surface area contributed by atoms with E-state index in [0.717, 1.165) is 0 Å². The molecule has 0 spiro atoms. The molecule has 5 heteroatoms. The average Bonchev–Trinajstić information content (AvgIpc) is 2.40. The smallest absolute Gasteiger partial charge is 0.340 e. The summed E-state index contributed by atoms with van der Waals surface area (Å²) in [5, 5.41) is 0.502. The first-order chi connectivity index (χ1) is 9.09.